The summed E-state index contributed by atoms with van der Waals surface area (Å²) in [5, 5.41) is 11.7. The van der Waals surface area contributed by atoms with E-state index < -0.39 is 18.1 Å². The molecule has 4 rings (SSSR count). The molecule has 2 N–H and O–H groups in total. The third-order valence-electron chi connectivity index (χ3n) is 4.11. The van der Waals surface area contributed by atoms with Gasteiger partial charge in [-0.25, -0.2) is 0 Å². The van der Waals surface area contributed by atoms with Gasteiger partial charge >= 0.3 is 12.0 Å². The van der Waals surface area contributed by atoms with Gasteiger partial charge in [-0.1, -0.05) is 12.1 Å². The minimum atomic E-state index is -3.98. The highest BCUT2D eigenvalue weighted by Gasteiger charge is 2.51. The van der Waals surface area contributed by atoms with Crippen LogP contribution in [0.4, 0.5) is 14.5 Å². The van der Waals surface area contributed by atoms with E-state index in [0.717, 1.165) is 15.1 Å². The Morgan fingerprint density at radius 2 is 2.20 bits per heavy atom. The van der Waals surface area contributed by atoms with Gasteiger partial charge in [0.1, 0.15) is 0 Å². The maximum Gasteiger partial charge on any atom is 0.483 e. The van der Waals surface area contributed by atoms with Crippen LogP contribution in [0.5, 0.6) is 5.75 Å². The fourth-order valence-electron chi connectivity index (χ4n) is 2.95. The number of anilines is 1. The first-order chi connectivity index (χ1) is 11.9. The molecular weight excluding hydrogens is 350 g/mol. The molecule has 1 aliphatic rings. The zero-order valence-electron chi connectivity index (χ0n) is 13.1. The highest BCUT2D eigenvalue weighted by molar-refractivity contribution is 7.17. The van der Waals surface area contributed by atoms with Crippen molar-refractivity contribution in [3.8, 4) is 5.75 Å². The first kappa shape index (κ1) is 16.0. The lowest BCUT2D eigenvalue weighted by Gasteiger charge is -2.34. The number of nitrogens with one attached hydrogen (secondary N) is 1. The van der Waals surface area contributed by atoms with Gasteiger partial charge in [0.25, 0.3) is 0 Å². The summed E-state index contributed by atoms with van der Waals surface area (Å²) in [5.74, 6) is -1.60. The molecule has 5 nitrogen and oxygen atoms in total. The number of rotatable bonds is 3. The number of carbonyl (C=O) groups is 1. The predicted octanol–water partition coefficient (Wildman–Crippen LogP) is 3.80. The van der Waals surface area contributed by atoms with Gasteiger partial charge in [0, 0.05) is 11.3 Å². The number of halogens is 2. The number of ether oxygens (including phenoxy) is 1. The molecule has 8 heteroatoms. The van der Waals surface area contributed by atoms with Crippen LogP contribution in [0.25, 0.3) is 10.2 Å². The third-order valence-corrected chi connectivity index (χ3v) is 4.98. The normalized spacial score (nSPS) is 17.4. The van der Waals surface area contributed by atoms with Crippen molar-refractivity contribution in [1.29, 1.82) is 0 Å². The molecule has 0 aliphatic carbocycles. The molecule has 0 radical (unpaired) electrons. The van der Waals surface area contributed by atoms with Crippen LogP contribution in [0.3, 0.4) is 0 Å². The molecule has 0 spiro atoms. The van der Waals surface area contributed by atoms with Gasteiger partial charge in [0.2, 0.25) is 0 Å². The molecule has 0 saturated carbocycles. The van der Waals surface area contributed by atoms with E-state index in [4.69, 9.17) is 0 Å². The van der Waals surface area contributed by atoms with Crippen LogP contribution in [0.15, 0.2) is 35.7 Å². The van der Waals surface area contributed by atoms with Gasteiger partial charge in [-0.2, -0.15) is 8.78 Å². The average molecular weight is 364 g/mol. The number of H-pyrrole nitrogens is 1. The summed E-state index contributed by atoms with van der Waals surface area (Å²) in [7, 11) is 0. The molecule has 1 aromatic carbocycles. The average Bonchev–Trinajstić information content (AvgIpc) is 3.12. The van der Waals surface area contributed by atoms with Crippen LogP contribution < -0.4 is 9.64 Å². The zero-order chi connectivity index (χ0) is 17.8. The summed E-state index contributed by atoms with van der Waals surface area (Å²) in [4.78, 5) is 16.3. The molecule has 3 aromatic rings. The Bertz CT molecular complexity index is 935. The van der Waals surface area contributed by atoms with Gasteiger partial charge in [-0.05, 0) is 30.5 Å². The van der Waals surface area contributed by atoms with Crippen LogP contribution in [0.1, 0.15) is 24.3 Å². The molecule has 1 amide bonds. The molecule has 0 bridgehead atoms. The van der Waals surface area contributed by atoms with Gasteiger partial charge in [0.15, 0.2) is 5.75 Å². The molecule has 1 atom stereocenters. The molecule has 1 aliphatic heterocycles. The predicted molar refractivity (Wildman–Crippen MR) is 90.0 cm³/mol. The Morgan fingerprint density at radius 3 is 2.92 bits per heavy atom. The number of carbonyl (C=O) groups excluding carboxylic acids is 1. The van der Waals surface area contributed by atoms with Gasteiger partial charge in [0.05, 0.1) is 28.6 Å². The highest BCUT2D eigenvalue weighted by atomic mass is 32.1. The van der Waals surface area contributed by atoms with Crippen molar-refractivity contribution in [2.45, 2.75) is 25.7 Å². The topological polar surface area (TPSA) is 65.6 Å². The molecule has 3 heterocycles. The summed E-state index contributed by atoms with van der Waals surface area (Å²) in [6.07, 6.45) is -4.99. The fourth-order valence-corrected chi connectivity index (χ4v) is 3.76. The molecular formula is C17H14F2N2O3S. The monoisotopic (exact) mass is 364 g/mol. The molecule has 25 heavy (non-hydrogen) atoms. The Balaban J connectivity index is 1.79. The van der Waals surface area contributed by atoms with E-state index in [2.05, 4.69) is 9.72 Å². The van der Waals surface area contributed by atoms with Crippen molar-refractivity contribution in [3.05, 3.63) is 47.0 Å². The number of hydrogen-bond donors (Lipinski definition) is 2. The first-order valence-corrected chi connectivity index (χ1v) is 8.49. The zero-order valence-corrected chi connectivity index (χ0v) is 13.9. The van der Waals surface area contributed by atoms with E-state index in [0.29, 0.717) is 5.69 Å². The number of para-hydroxylation sites is 1. The minimum absolute atomic E-state index is 0.0462. The lowest BCUT2D eigenvalue weighted by atomic mass is 10.1. The van der Waals surface area contributed by atoms with Crippen LogP contribution >= 0.6 is 11.3 Å². The number of nitrogens with zero attached hydrogens (tertiary/aromatic N) is 1. The van der Waals surface area contributed by atoms with Crippen molar-refractivity contribution in [1.82, 2.24) is 4.98 Å². The third kappa shape index (κ3) is 2.58. The highest BCUT2D eigenvalue weighted by Crippen LogP contribution is 2.44. The summed E-state index contributed by atoms with van der Waals surface area (Å²) >= 11 is 1.52. The van der Waals surface area contributed by atoms with Gasteiger partial charge in [-0.15, -0.1) is 11.3 Å². The van der Waals surface area contributed by atoms with Crippen molar-refractivity contribution >= 4 is 33.1 Å². The molecule has 130 valence electrons. The Labute approximate surface area is 145 Å². The summed E-state index contributed by atoms with van der Waals surface area (Å²) in [5.41, 5.74) is 1.96. The minimum Gasteiger partial charge on any atom is -0.423 e. The van der Waals surface area contributed by atoms with Crippen molar-refractivity contribution in [2.75, 3.05) is 4.90 Å². The van der Waals surface area contributed by atoms with E-state index in [1.54, 1.807) is 6.07 Å². The molecule has 0 fully saturated rings. The van der Waals surface area contributed by atoms with Gasteiger partial charge in [-0.3, -0.25) is 9.69 Å². The number of thiophene rings is 1. The smallest absolute Gasteiger partial charge is 0.423 e. The number of fused-ring (bicyclic) bond motifs is 2. The number of hydrogen-bond acceptors (Lipinski definition) is 4. The number of aromatic amines is 1. The summed E-state index contributed by atoms with van der Waals surface area (Å²) in [6, 6.07) is 8.34. The quantitative estimate of drug-likeness (QED) is 0.743. The standard InChI is InChI=1S/C17H14F2N2O3S/c1-9(22)11-3-2-4-13-15(11)24-17(18,19)16(23)21(13)8-10-7-14-12(20-10)5-6-25-14/h2-7,9,20,22H,8H2,1H3. The Morgan fingerprint density at radius 1 is 1.40 bits per heavy atom. The van der Waals surface area contributed by atoms with Crippen molar-refractivity contribution in [2.24, 2.45) is 0 Å². The van der Waals surface area contributed by atoms with Crippen LogP contribution in [-0.4, -0.2) is 22.1 Å². The van der Waals surface area contributed by atoms with E-state index in [1.807, 2.05) is 17.5 Å². The molecule has 2 aromatic heterocycles. The SMILES string of the molecule is CC(O)c1cccc2c1OC(F)(F)C(=O)N2Cc1cc2sccc2[nH]1. The number of aliphatic hydroxyl groups excluding tert-OH is 1. The number of aliphatic hydroxyl groups is 1. The first-order valence-electron chi connectivity index (χ1n) is 7.61. The molecule has 1 unspecified atom stereocenters. The largest absolute Gasteiger partial charge is 0.483 e. The summed E-state index contributed by atoms with van der Waals surface area (Å²) in [6.45, 7) is 1.41. The summed E-state index contributed by atoms with van der Waals surface area (Å²) < 4.78 is 33.9. The lowest BCUT2D eigenvalue weighted by Crippen LogP contribution is -2.50. The lowest BCUT2D eigenvalue weighted by molar-refractivity contribution is -0.193. The number of alkyl halides is 2. The second-order valence-corrected chi connectivity index (χ2v) is 6.82. The maximum absolute atomic E-state index is 14.1. The Hall–Kier alpha value is -2.45. The molecule has 0 saturated heterocycles. The van der Waals surface area contributed by atoms with E-state index in [-0.39, 0.29) is 23.5 Å². The Kier molecular flexibility index (Phi) is 3.55. The second kappa shape index (κ2) is 5.53. The van der Waals surface area contributed by atoms with Crippen molar-refractivity contribution in [3.63, 3.8) is 0 Å². The number of aromatic nitrogens is 1. The second-order valence-electron chi connectivity index (χ2n) is 5.87. The number of amides is 1. The van der Waals surface area contributed by atoms with Crippen molar-refractivity contribution < 1.29 is 23.4 Å². The van der Waals surface area contributed by atoms with E-state index in [1.165, 1.54) is 30.4 Å². The van der Waals surface area contributed by atoms with Crippen LogP contribution in [0, 0.1) is 0 Å². The fraction of sp³-hybridized carbons (Fsp3) is 0.235. The maximum atomic E-state index is 14.1. The van der Waals surface area contributed by atoms with Crippen LogP contribution in [-0.2, 0) is 11.3 Å². The van der Waals surface area contributed by atoms with Gasteiger partial charge < -0.3 is 14.8 Å². The van der Waals surface area contributed by atoms with Crippen LogP contribution in [0.2, 0.25) is 0 Å². The van der Waals surface area contributed by atoms with E-state index in [9.17, 15) is 18.7 Å². The van der Waals surface area contributed by atoms with E-state index >= 15 is 0 Å². The number of benzene rings is 1.